The van der Waals surface area contributed by atoms with Crippen LogP contribution in [0.3, 0.4) is 0 Å². The van der Waals surface area contributed by atoms with Gasteiger partial charge >= 0.3 is 0 Å². The van der Waals surface area contributed by atoms with Gasteiger partial charge in [-0.25, -0.2) is 0 Å². The molecule has 3 nitrogen and oxygen atoms in total. The lowest BCUT2D eigenvalue weighted by Gasteiger charge is -2.24. The minimum Gasteiger partial charge on any atom is -0.383 e. The van der Waals surface area contributed by atoms with Gasteiger partial charge in [0.2, 0.25) is 5.91 Å². The molecule has 0 aromatic heterocycles. The third-order valence-electron chi connectivity index (χ3n) is 3.45. The van der Waals surface area contributed by atoms with Crippen molar-refractivity contribution in [3.63, 3.8) is 0 Å². The predicted molar refractivity (Wildman–Crippen MR) is 82.7 cm³/mol. The van der Waals surface area contributed by atoms with Crippen molar-refractivity contribution >= 4 is 34.6 Å². The van der Waals surface area contributed by atoms with Crippen LogP contribution in [0.5, 0.6) is 0 Å². The van der Waals surface area contributed by atoms with Gasteiger partial charge in [0.05, 0.1) is 17.3 Å². The minimum atomic E-state index is -0.0959. The Morgan fingerprint density at radius 2 is 1.95 bits per heavy atom. The number of nitrogens with one attached hydrogen (secondary N) is 1. The average Bonchev–Trinajstić information content (AvgIpc) is 2.58. The lowest BCUT2D eigenvalue weighted by atomic mass is 10.1. The predicted octanol–water partition coefficient (Wildman–Crippen LogP) is 4.07. The molecule has 0 bridgehead atoms. The van der Waals surface area contributed by atoms with Crippen LogP contribution in [0, 0.1) is 5.92 Å². The van der Waals surface area contributed by atoms with Gasteiger partial charge in [-0.3, -0.25) is 9.69 Å². The average molecular weight is 287 g/mol. The smallest absolute Gasteiger partial charge is 0.236 e. The first kappa shape index (κ1) is 13.0. The molecule has 0 radical (unpaired) electrons. The Morgan fingerprint density at radius 3 is 2.70 bits per heavy atom. The van der Waals surface area contributed by atoms with Gasteiger partial charge in [0, 0.05) is 17.3 Å². The van der Waals surface area contributed by atoms with Gasteiger partial charge in [-0.2, -0.15) is 0 Å². The summed E-state index contributed by atoms with van der Waals surface area (Å²) in [6.07, 6.45) is 0. The monoisotopic (exact) mass is 286 g/mol. The van der Waals surface area contributed by atoms with Crippen molar-refractivity contribution in [1.29, 1.82) is 0 Å². The standard InChI is InChI=1S/C16H15ClN2O/c1-11-10-18-14-9-12(17)7-8-15(14)19(16(11)20)13-5-3-2-4-6-13/h2-9,11,18H,10H2,1H3. The molecule has 0 saturated carbocycles. The number of carbonyl (C=O) groups is 1. The molecule has 0 spiro atoms. The quantitative estimate of drug-likeness (QED) is 0.857. The molecule has 1 unspecified atom stereocenters. The second-order valence-electron chi connectivity index (χ2n) is 4.95. The Hall–Kier alpha value is -2.00. The van der Waals surface area contributed by atoms with Gasteiger partial charge in [0.1, 0.15) is 0 Å². The van der Waals surface area contributed by atoms with E-state index in [0.29, 0.717) is 11.6 Å². The molecule has 1 aliphatic heterocycles. The lowest BCUT2D eigenvalue weighted by Crippen LogP contribution is -2.31. The molecule has 1 amide bonds. The van der Waals surface area contributed by atoms with Crippen LogP contribution in [0.4, 0.5) is 17.1 Å². The van der Waals surface area contributed by atoms with Crippen LogP contribution in [0.2, 0.25) is 5.02 Å². The molecule has 0 saturated heterocycles. The fourth-order valence-corrected chi connectivity index (χ4v) is 2.55. The molecule has 1 atom stereocenters. The van der Waals surface area contributed by atoms with E-state index in [9.17, 15) is 4.79 Å². The number of fused-ring (bicyclic) bond motifs is 1. The molecule has 2 aromatic carbocycles. The Morgan fingerprint density at radius 1 is 1.20 bits per heavy atom. The van der Waals surface area contributed by atoms with E-state index >= 15 is 0 Å². The number of amides is 1. The highest BCUT2D eigenvalue weighted by Gasteiger charge is 2.28. The number of nitrogens with zero attached hydrogens (tertiary/aromatic N) is 1. The Kier molecular flexibility index (Phi) is 3.36. The normalized spacial score (nSPS) is 18.2. The van der Waals surface area contributed by atoms with Gasteiger partial charge in [-0.05, 0) is 30.3 Å². The number of hydrogen-bond donors (Lipinski definition) is 1. The number of rotatable bonds is 1. The zero-order chi connectivity index (χ0) is 14.1. The van der Waals surface area contributed by atoms with Crippen molar-refractivity contribution in [3.8, 4) is 0 Å². The van der Waals surface area contributed by atoms with E-state index in [4.69, 9.17) is 11.6 Å². The molecular weight excluding hydrogens is 272 g/mol. The van der Waals surface area contributed by atoms with Crippen LogP contribution in [-0.2, 0) is 4.79 Å². The molecule has 0 aliphatic carbocycles. The topological polar surface area (TPSA) is 32.3 Å². The van der Waals surface area contributed by atoms with Gasteiger partial charge in [0.25, 0.3) is 0 Å². The maximum atomic E-state index is 12.6. The van der Waals surface area contributed by atoms with Crippen molar-refractivity contribution in [2.45, 2.75) is 6.92 Å². The zero-order valence-electron chi connectivity index (χ0n) is 11.1. The second-order valence-corrected chi connectivity index (χ2v) is 5.39. The molecule has 2 aromatic rings. The van der Waals surface area contributed by atoms with Crippen LogP contribution in [0.15, 0.2) is 48.5 Å². The molecule has 1 N–H and O–H groups in total. The lowest BCUT2D eigenvalue weighted by molar-refractivity contribution is -0.120. The van der Waals surface area contributed by atoms with Crippen LogP contribution < -0.4 is 10.2 Å². The summed E-state index contributed by atoms with van der Waals surface area (Å²) in [5.41, 5.74) is 2.60. The van der Waals surface area contributed by atoms with Crippen molar-refractivity contribution in [2.24, 2.45) is 5.92 Å². The first-order valence-electron chi connectivity index (χ1n) is 6.59. The van der Waals surface area contributed by atoms with Gasteiger partial charge in [-0.15, -0.1) is 0 Å². The Labute approximate surface area is 123 Å². The van der Waals surface area contributed by atoms with E-state index in [2.05, 4.69) is 5.32 Å². The van der Waals surface area contributed by atoms with Crippen molar-refractivity contribution in [1.82, 2.24) is 0 Å². The largest absolute Gasteiger partial charge is 0.383 e. The van der Waals surface area contributed by atoms with E-state index in [1.165, 1.54) is 0 Å². The number of anilines is 3. The van der Waals surface area contributed by atoms with E-state index in [-0.39, 0.29) is 11.8 Å². The molecule has 0 fully saturated rings. The van der Waals surface area contributed by atoms with Crippen molar-refractivity contribution < 1.29 is 4.79 Å². The molecule has 3 rings (SSSR count). The summed E-state index contributed by atoms with van der Waals surface area (Å²) in [4.78, 5) is 14.4. The van der Waals surface area contributed by atoms with Crippen molar-refractivity contribution in [2.75, 3.05) is 16.8 Å². The summed E-state index contributed by atoms with van der Waals surface area (Å²) in [6, 6.07) is 15.2. The summed E-state index contributed by atoms with van der Waals surface area (Å²) in [5, 5.41) is 3.96. The van der Waals surface area contributed by atoms with Crippen LogP contribution in [-0.4, -0.2) is 12.5 Å². The number of benzene rings is 2. The van der Waals surface area contributed by atoms with Crippen LogP contribution in [0.25, 0.3) is 0 Å². The summed E-state index contributed by atoms with van der Waals surface area (Å²) >= 11 is 6.05. The summed E-state index contributed by atoms with van der Waals surface area (Å²) < 4.78 is 0. The molecule has 1 aliphatic rings. The number of halogens is 1. The van der Waals surface area contributed by atoms with E-state index in [0.717, 1.165) is 17.1 Å². The number of para-hydroxylation sites is 1. The Balaban J connectivity index is 2.17. The van der Waals surface area contributed by atoms with Crippen LogP contribution in [0.1, 0.15) is 6.92 Å². The van der Waals surface area contributed by atoms with Crippen molar-refractivity contribution in [3.05, 3.63) is 53.6 Å². The van der Waals surface area contributed by atoms with Gasteiger partial charge < -0.3 is 5.32 Å². The Bertz CT molecular complexity index is 642. The number of hydrogen-bond acceptors (Lipinski definition) is 2. The second kappa shape index (κ2) is 5.17. The minimum absolute atomic E-state index is 0.0878. The zero-order valence-corrected chi connectivity index (χ0v) is 11.9. The first-order valence-corrected chi connectivity index (χ1v) is 6.97. The molecule has 102 valence electrons. The summed E-state index contributed by atoms with van der Waals surface area (Å²) in [6.45, 7) is 2.54. The highest BCUT2D eigenvalue weighted by molar-refractivity contribution is 6.31. The fourth-order valence-electron chi connectivity index (χ4n) is 2.38. The van der Waals surface area contributed by atoms with Crippen LogP contribution >= 0.6 is 11.6 Å². The van der Waals surface area contributed by atoms with Gasteiger partial charge in [0.15, 0.2) is 0 Å². The fraction of sp³-hybridized carbons (Fsp3) is 0.188. The number of carbonyl (C=O) groups excluding carboxylic acids is 1. The van der Waals surface area contributed by atoms with E-state index in [1.54, 1.807) is 11.0 Å². The maximum absolute atomic E-state index is 12.6. The maximum Gasteiger partial charge on any atom is 0.236 e. The third-order valence-corrected chi connectivity index (χ3v) is 3.69. The van der Waals surface area contributed by atoms with E-state index in [1.807, 2.05) is 49.4 Å². The van der Waals surface area contributed by atoms with E-state index < -0.39 is 0 Å². The third kappa shape index (κ3) is 2.25. The first-order chi connectivity index (χ1) is 9.66. The molecule has 1 heterocycles. The highest BCUT2D eigenvalue weighted by Crippen LogP contribution is 2.37. The van der Waals surface area contributed by atoms with Gasteiger partial charge in [-0.1, -0.05) is 36.7 Å². The molecule has 4 heteroatoms. The molecular formula is C16H15ClN2O. The summed E-state index contributed by atoms with van der Waals surface area (Å²) in [5.74, 6) is -0.00819. The SMILES string of the molecule is CC1CNc2cc(Cl)ccc2N(c2ccccc2)C1=O. The summed E-state index contributed by atoms with van der Waals surface area (Å²) in [7, 11) is 0. The molecule has 20 heavy (non-hydrogen) atoms. The highest BCUT2D eigenvalue weighted by atomic mass is 35.5.